The molecule has 1 fully saturated rings. The summed E-state index contributed by atoms with van der Waals surface area (Å²) < 4.78 is 12.9. The van der Waals surface area contributed by atoms with Gasteiger partial charge in [-0.25, -0.2) is 9.50 Å². The summed E-state index contributed by atoms with van der Waals surface area (Å²) in [5, 5.41) is 3.08. The van der Waals surface area contributed by atoms with Crippen LogP contribution in [0.5, 0.6) is 17.2 Å². The Balaban J connectivity index is 1.45. The van der Waals surface area contributed by atoms with Gasteiger partial charge in [-0.2, -0.15) is 0 Å². The van der Waals surface area contributed by atoms with Gasteiger partial charge >= 0.3 is 0 Å². The Hall–Kier alpha value is -4.53. The first-order valence-corrected chi connectivity index (χ1v) is 10.7. The Morgan fingerprint density at radius 3 is 2.50 bits per heavy atom. The summed E-state index contributed by atoms with van der Waals surface area (Å²) in [5.41, 5.74) is 8.72. The fourth-order valence-electron chi connectivity index (χ4n) is 4.16. The minimum Gasteiger partial charge on any atom is -0.493 e. The van der Waals surface area contributed by atoms with Crippen molar-refractivity contribution in [1.82, 2.24) is 19.5 Å². The molecule has 0 aliphatic carbocycles. The lowest BCUT2D eigenvalue weighted by Crippen LogP contribution is -2.47. The van der Waals surface area contributed by atoms with Crippen LogP contribution in [0.15, 0.2) is 67.4 Å². The first kappa shape index (κ1) is 21.3. The molecule has 0 bridgehead atoms. The first-order chi connectivity index (χ1) is 16.5. The van der Waals surface area contributed by atoms with Crippen molar-refractivity contribution in [2.75, 3.05) is 20.2 Å². The molecule has 2 amide bonds. The van der Waals surface area contributed by atoms with Crippen LogP contribution in [-0.4, -0.2) is 51.5 Å². The van der Waals surface area contributed by atoms with Crippen molar-refractivity contribution in [3.63, 3.8) is 0 Å². The van der Waals surface area contributed by atoms with Gasteiger partial charge in [-0.15, -0.1) is 0 Å². The van der Waals surface area contributed by atoms with Crippen molar-refractivity contribution >= 4 is 17.5 Å². The number of rotatable bonds is 7. The number of ether oxygens (including phenoxy) is 2. The summed E-state index contributed by atoms with van der Waals surface area (Å²) >= 11 is 0. The molecule has 0 unspecified atom stereocenters. The number of fused-ring (bicyclic) bond motifs is 1. The van der Waals surface area contributed by atoms with Crippen LogP contribution in [0.1, 0.15) is 22.0 Å². The Labute approximate surface area is 195 Å². The number of likely N-dealkylation sites (tertiary alicyclic amines) is 1. The van der Waals surface area contributed by atoms with Crippen LogP contribution in [0.4, 0.5) is 0 Å². The van der Waals surface area contributed by atoms with Gasteiger partial charge in [0.25, 0.3) is 5.91 Å². The number of nitrogens with two attached hydrogens (primary N) is 1. The predicted octanol–water partition coefficient (Wildman–Crippen LogP) is 3.34. The maximum Gasteiger partial charge on any atom is 0.269 e. The number of nitrogens with zero attached hydrogens (tertiary/aromatic N) is 3. The van der Waals surface area contributed by atoms with Crippen LogP contribution in [0.25, 0.3) is 16.9 Å². The summed E-state index contributed by atoms with van der Waals surface area (Å²) in [6.07, 6.45) is 3.12. The number of para-hydroxylation sites is 2. The maximum atomic E-state index is 12.3. The fraction of sp³-hybridized carbons (Fsp3) is 0.160. The third kappa shape index (κ3) is 3.57. The minimum absolute atomic E-state index is 0.0971. The first-order valence-electron chi connectivity index (χ1n) is 10.7. The highest BCUT2D eigenvalue weighted by Crippen LogP contribution is 2.35. The van der Waals surface area contributed by atoms with Crippen molar-refractivity contribution in [2.45, 2.75) is 5.92 Å². The van der Waals surface area contributed by atoms with E-state index in [1.54, 1.807) is 28.7 Å². The number of nitrogens with one attached hydrogen (secondary N) is 1. The molecule has 2 aromatic carbocycles. The van der Waals surface area contributed by atoms with E-state index < -0.39 is 5.91 Å². The summed E-state index contributed by atoms with van der Waals surface area (Å²) in [6.45, 7) is 4.67. The largest absolute Gasteiger partial charge is 0.493 e. The standard InChI is InChI=1S/C25H23N5O4/c1-3-21(31)29-13-16(14-29)18-12-27-30-23(24(26)32)22(28-25(18)30)15-8-10-17(11-9-15)34-20-7-5-4-6-19(20)33-2/h3-12,16,27H,1,13-14H2,2H3,(H2,26,32). The van der Waals surface area contributed by atoms with E-state index in [1.165, 1.54) is 6.08 Å². The van der Waals surface area contributed by atoms with Gasteiger partial charge in [0.2, 0.25) is 5.91 Å². The number of aromatic amines is 1. The highest BCUT2D eigenvalue weighted by molar-refractivity contribution is 5.98. The third-order valence-corrected chi connectivity index (χ3v) is 5.95. The van der Waals surface area contributed by atoms with Gasteiger partial charge in [-0.3, -0.25) is 14.7 Å². The molecule has 4 aromatic rings. The second kappa shape index (κ2) is 8.43. The number of primary amides is 1. The van der Waals surface area contributed by atoms with Gasteiger partial charge in [0, 0.05) is 36.3 Å². The zero-order valence-electron chi connectivity index (χ0n) is 18.5. The molecule has 2 aromatic heterocycles. The van der Waals surface area contributed by atoms with Crippen LogP contribution in [0.2, 0.25) is 0 Å². The number of benzene rings is 2. The lowest BCUT2D eigenvalue weighted by Gasteiger charge is -2.38. The molecule has 0 atom stereocenters. The third-order valence-electron chi connectivity index (χ3n) is 5.95. The smallest absolute Gasteiger partial charge is 0.269 e. The summed E-state index contributed by atoms with van der Waals surface area (Å²) in [6, 6.07) is 14.6. The number of hydrogen-bond acceptors (Lipinski definition) is 5. The molecule has 5 rings (SSSR count). The molecular weight excluding hydrogens is 434 g/mol. The number of H-pyrrole nitrogens is 1. The molecule has 1 aliphatic rings. The SMILES string of the molecule is C=CC(=O)N1CC(c2c[nH]n3c(C(N)=O)c(-c4ccc(Oc5ccccc5OC)cc4)nc23)C1. The van der Waals surface area contributed by atoms with Gasteiger partial charge in [-0.1, -0.05) is 18.7 Å². The van der Waals surface area contributed by atoms with Crippen LogP contribution in [0.3, 0.4) is 0 Å². The second-order valence-electron chi connectivity index (χ2n) is 7.98. The molecule has 0 radical (unpaired) electrons. The number of hydrogen-bond donors (Lipinski definition) is 2. The maximum absolute atomic E-state index is 12.3. The summed E-state index contributed by atoms with van der Waals surface area (Å²) in [4.78, 5) is 30.6. The van der Waals surface area contributed by atoms with Gasteiger partial charge in [0.15, 0.2) is 22.8 Å². The number of amides is 2. The average Bonchev–Trinajstić information content (AvgIpc) is 3.38. The second-order valence-corrected chi connectivity index (χ2v) is 7.98. The van der Waals surface area contributed by atoms with Gasteiger partial charge in [0.05, 0.1) is 7.11 Å². The highest BCUT2D eigenvalue weighted by Gasteiger charge is 2.34. The zero-order chi connectivity index (χ0) is 23.8. The molecule has 9 heteroatoms. The summed E-state index contributed by atoms with van der Waals surface area (Å²) in [7, 11) is 1.59. The van der Waals surface area contributed by atoms with Crippen molar-refractivity contribution < 1.29 is 19.1 Å². The molecule has 172 valence electrons. The van der Waals surface area contributed by atoms with E-state index in [1.807, 2.05) is 42.6 Å². The van der Waals surface area contributed by atoms with Crippen LogP contribution < -0.4 is 15.2 Å². The summed E-state index contributed by atoms with van der Waals surface area (Å²) in [5.74, 6) is 1.26. The number of carbonyl (C=O) groups is 2. The van der Waals surface area contributed by atoms with Crippen molar-refractivity contribution in [1.29, 1.82) is 0 Å². The van der Waals surface area contributed by atoms with Crippen LogP contribution >= 0.6 is 0 Å². The van der Waals surface area contributed by atoms with Crippen molar-refractivity contribution in [3.8, 4) is 28.5 Å². The normalized spacial score (nSPS) is 13.5. The molecule has 3 N–H and O–H groups in total. The number of methoxy groups -OCH3 is 1. The number of aromatic nitrogens is 3. The molecule has 34 heavy (non-hydrogen) atoms. The minimum atomic E-state index is -0.595. The van der Waals surface area contributed by atoms with E-state index in [-0.39, 0.29) is 17.5 Å². The molecule has 0 spiro atoms. The predicted molar refractivity (Wildman–Crippen MR) is 126 cm³/mol. The van der Waals surface area contributed by atoms with Crippen molar-refractivity contribution in [2.24, 2.45) is 5.73 Å². The Bertz CT molecular complexity index is 1400. The van der Waals surface area contributed by atoms with E-state index in [0.717, 1.165) is 11.1 Å². The van der Waals surface area contributed by atoms with E-state index in [9.17, 15) is 9.59 Å². The molecule has 9 nitrogen and oxygen atoms in total. The van der Waals surface area contributed by atoms with Gasteiger partial charge in [0.1, 0.15) is 11.4 Å². The molecule has 3 heterocycles. The Morgan fingerprint density at radius 1 is 1.15 bits per heavy atom. The Morgan fingerprint density at radius 2 is 1.85 bits per heavy atom. The Kier molecular flexibility index (Phi) is 5.29. The average molecular weight is 457 g/mol. The van der Waals surface area contributed by atoms with E-state index in [2.05, 4.69) is 11.7 Å². The monoisotopic (exact) mass is 457 g/mol. The van der Waals surface area contributed by atoms with E-state index in [4.69, 9.17) is 20.2 Å². The quantitative estimate of drug-likeness (QED) is 0.413. The van der Waals surface area contributed by atoms with Crippen LogP contribution in [-0.2, 0) is 4.79 Å². The fourth-order valence-corrected chi connectivity index (χ4v) is 4.16. The number of carbonyl (C=O) groups excluding carboxylic acids is 2. The topological polar surface area (TPSA) is 115 Å². The van der Waals surface area contributed by atoms with E-state index in [0.29, 0.717) is 41.7 Å². The van der Waals surface area contributed by atoms with Gasteiger partial charge in [-0.05, 0) is 42.5 Å². The van der Waals surface area contributed by atoms with E-state index >= 15 is 0 Å². The lowest BCUT2D eigenvalue weighted by atomic mass is 9.93. The zero-order valence-corrected chi connectivity index (χ0v) is 18.5. The molecule has 1 saturated heterocycles. The van der Waals surface area contributed by atoms with Gasteiger partial charge < -0.3 is 20.1 Å². The van der Waals surface area contributed by atoms with Crippen LogP contribution in [0, 0.1) is 0 Å². The molecular formula is C25H23N5O4. The highest BCUT2D eigenvalue weighted by atomic mass is 16.5. The lowest BCUT2D eigenvalue weighted by molar-refractivity contribution is -0.130. The molecule has 0 saturated carbocycles. The van der Waals surface area contributed by atoms with Crippen molar-refractivity contribution in [3.05, 3.63) is 78.6 Å². The molecule has 1 aliphatic heterocycles. The number of imidazole rings is 1.